The lowest BCUT2D eigenvalue weighted by Crippen LogP contribution is -2.49. The number of benzene rings is 1. The second-order valence-corrected chi connectivity index (χ2v) is 4.75. The number of nitrogens with one attached hydrogen (secondary N) is 1. The maximum Gasteiger partial charge on any atom is 0.269 e. The number of carbonyl (C=O) groups is 1. The van der Waals surface area contributed by atoms with E-state index >= 15 is 0 Å². The van der Waals surface area contributed by atoms with Crippen molar-refractivity contribution in [3.8, 4) is 0 Å². The zero-order valence-corrected chi connectivity index (χ0v) is 11.5. The first kappa shape index (κ1) is 14.2. The highest BCUT2D eigenvalue weighted by atomic mass is 32.1. The van der Waals surface area contributed by atoms with Crippen LogP contribution in [0.1, 0.15) is 0 Å². The Hall–Kier alpha value is -2.22. The molecule has 0 unspecified atom stereocenters. The molecular formula is C12H14N4O3S. The van der Waals surface area contributed by atoms with Gasteiger partial charge in [-0.1, -0.05) is 0 Å². The summed E-state index contributed by atoms with van der Waals surface area (Å²) in [7, 11) is 0. The summed E-state index contributed by atoms with van der Waals surface area (Å²) in [5.74, 6) is 0. The molecule has 1 aromatic rings. The van der Waals surface area contributed by atoms with E-state index in [1.807, 2.05) is 4.90 Å². The predicted molar refractivity (Wildman–Crippen MR) is 78.5 cm³/mol. The normalized spacial score (nSPS) is 14.8. The lowest BCUT2D eigenvalue weighted by molar-refractivity contribution is -0.384. The van der Waals surface area contributed by atoms with Gasteiger partial charge in [0.2, 0.25) is 6.41 Å². The number of nitro groups is 1. The van der Waals surface area contributed by atoms with E-state index in [4.69, 9.17) is 12.2 Å². The van der Waals surface area contributed by atoms with E-state index in [1.165, 1.54) is 12.1 Å². The molecule has 0 spiro atoms. The average molecular weight is 294 g/mol. The number of anilines is 1. The van der Waals surface area contributed by atoms with Crippen LogP contribution in [0.3, 0.4) is 0 Å². The molecule has 0 radical (unpaired) electrons. The molecule has 2 rings (SSSR count). The Morgan fingerprint density at radius 1 is 1.25 bits per heavy atom. The van der Waals surface area contributed by atoms with Crippen LogP contribution in [0, 0.1) is 10.1 Å². The number of thiocarbonyl (C=S) groups is 1. The number of hydrogen-bond acceptors (Lipinski definition) is 4. The van der Waals surface area contributed by atoms with E-state index < -0.39 is 4.92 Å². The maximum absolute atomic E-state index is 10.6. The summed E-state index contributed by atoms with van der Waals surface area (Å²) in [6.07, 6.45) is 0.837. The molecule has 7 nitrogen and oxygen atoms in total. The van der Waals surface area contributed by atoms with Crippen LogP contribution in [0.4, 0.5) is 11.4 Å². The predicted octanol–water partition coefficient (Wildman–Crippen LogP) is 1.07. The summed E-state index contributed by atoms with van der Waals surface area (Å²) in [6, 6.07) is 6.09. The fourth-order valence-electron chi connectivity index (χ4n) is 1.90. The first-order chi connectivity index (χ1) is 9.60. The largest absolute Gasteiger partial charge is 0.345 e. The van der Waals surface area contributed by atoms with Crippen LogP contribution in [-0.4, -0.2) is 52.4 Å². The van der Waals surface area contributed by atoms with Gasteiger partial charge in [-0.2, -0.15) is 0 Å². The Morgan fingerprint density at radius 3 is 2.35 bits per heavy atom. The number of nitrogens with zero attached hydrogens (tertiary/aromatic N) is 3. The molecule has 1 aliphatic heterocycles. The number of non-ortho nitro benzene ring substituents is 1. The summed E-state index contributed by atoms with van der Waals surface area (Å²) in [6.45, 7) is 2.65. The van der Waals surface area contributed by atoms with E-state index in [9.17, 15) is 14.9 Å². The van der Waals surface area contributed by atoms with E-state index in [0.717, 1.165) is 6.41 Å². The summed E-state index contributed by atoms with van der Waals surface area (Å²) >= 11 is 5.29. The Kier molecular flexibility index (Phi) is 4.46. The molecule has 0 atom stereocenters. The molecule has 0 aromatic heterocycles. The highest BCUT2D eigenvalue weighted by Gasteiger charge is 2.17. The van der Waals surface area contributed by atoms with Crippen LogP contribution < -0.4 is 5.32 Å². The molecule has 1 aliphatic rings. The quantitative estimate of drug-likeness (QED) is 0.389. The smallest absolute Gasteiger partial charge is 0.269 e. The van der Waals surface area contributed by atoms with Gasteiger partial charge in [0.15, 0.2) is 5.11 Å². The van der Waals surface area contributed by atoms with Crippen molar-refractivity contribution in [1.29, 1.82) is 0 Å². The Bertz CT molecular complexity index is 512. The topological polar surface area (TPSA) is 78.7 Å². The van der Waals surface area contributed by atoms with Crippen LogP contribution in [0.5, 0.6) is 0 Å². The number of carbonyl (C=O) groups excluding carboxylic acids is 1. The molecule has 1 saturated heterocycles. The third kappa shape index (κ3) is 3.41. The zero-order chi connectivity index (χ0) is 14.5. The SMILES string of the molecule is O=CN1CCN(C(=S)Nc2ccc([N+](=O)[O-])cc2)CC1. The second-order valence-electron chi connectivity index (χ2n) is 4.36. The minimum Gasteiger partial charge on any atom is -0.345 e. The van der Waals surface area contributed by atoms with Gasteiger partial charge >= 0.3 is 0 Å². The fourth-order valence-corrected chi connectivity index (χ4v) is 2.20. The molecule has 20 heavy (non-hydrogen) atoms. The van der Waals surface area contributed by atoms with Crippen molar-refractivity contribution in [2.45, 2.75) is 0 Å². The van der Waals surface area contributed by atoms with Crippen LogP contribution in [-0.2, 0) is 4.79 Å². The first-order valence-electron chi connectivity index (χ1n) is 6.10. The number of amides is 1. The van der Waals surface area contributed by atoms with Gasteiger partial charge in [0.25, 0.3) is 5.69 Å². The molecule has 1 N–H and O–H groups in total. The minimum absolute atomic E-state index is 0.0427. The van der Waals surface area contributed by atoms with Crippen LogP contribution >= 0.6 is 12.2 Å². The van der Waals surface area contributed by atoms with Gasteiger partial charge in [-0.3, -0.25) is 14.9 Å². The third-order valence-electron chi connectivity index (χ3n) is 3.08. The van der Waals surface area contributed by atoms with Crippen LogP contribution in [0.15, 0.2) is 24.3 Å². The van der Waals surface area contributed by atoms with Crippen molar-refractivity contribution < 1.29 is 9.72 Å². The number of hydrogen-bond donors (Lipinski definition) is 1. The van der Waals surface area contributed by atoms with E-state index in [0.29, 0.717) is 37.0 Å². The lowest BCUT2D eigenvalue weighted by Gasteiger charge is -2.34. The average Bonchev–Trinajstić information content (AvgIpc) is 2.48. The zero-order valence-electron chi connectivity index (χ0n) is 10.7. The molecule has 0 saturated carbocycles. The summed E-state index contributed by atoms with van der Waals surface area (Å²) in [5.41, 5.74) is 0.750. The molecule has 1 amide bonds. The van der Waals surface area contributed by atoms with E-state index in [2.05, 4.69) is 5.32 Å². The Balaban J connectivity index is 1.91. The van der Waals surface area contributed by atoms with E-state index in [1.54, 1.807) is 17.0 Å². The molecule has 0 bridgehead atoms. The summed E-state index contributed by atoms with van der Waals surface area (Å²) in [4.78, 5) is 24.4. The third-order valence-corrected chi connectivity index (χ3v) is 3.44. The maximum atomic E-state index is 10.6. The van der Waals surface area contributed by atoms with Crippen molar-refractivity contribution >= 4 is 35.1 Å². The van der Waals surface area contributed by atoms with Gasteiger partial charge in [-0.05, 0) is 24.4 Å². The van der Waals surface area contributed by atoms with Gasteiger partial charge in [0.1, 0.15) is 0 Å². The van der Waals surface area contributed by atoms with Gasteiger partial charge < -0.3 is 15.1 Å². The van der Waals surface area contributed by atoms with Gasteiger partial charge in [-0.25, -0.2) is 0 Å². The van der Waals surface area contributed by atoms with Crippen molar-refractivity contribution in [2.75, 3.05) is 31.5 Å². The van der Waals surface area contributed by atoms with Crippen molar-refractivity contribution in [2.24, 2.45) is 0 Å². The van der Waals surface area contributed by atoms with Crippen molar-refractivity contribution in [1.82, 2.24) is 9.80 Å². The Morgan fingerprint density at radius 2 is 1.85 bits per heavy atom. The molecule has 0 aliphatic carbocycles. The molecule has 106 valence electrons. The number of rotatable bonds is 3. The molecular weight excluding hydrogens is 280 g/mol. The number of nitro benzene ring substituents is 1. The highest BCUT2D eigenvalue weighted by Crippen LogP contribution is 2.16. The first-order valence-corrected chi connectivity index (χ1v) is 6.50. The van der Waals surface area contributed by atoms with Crippen molar-refractivity contribution in [3.05, 3.63) is 34.4 Å². The standard InChI is InChI=1S/C12H14N4O3S/c17-9-14-5-7-15(8-6-14)12(20)13-10-1-3-11(4-2-10)16(18)19/h1-4,9H,5-8H2,(H,13,20). The van der Waals surface area contributed by atoms with Crippen LogP contribution in [0.25, 0.3) is 0 Å². The number of piperazine rings is 1. The van der Waals surface area contributed by atoms with E-state index in [-0.39, 0.29) is 5.69 Å². The van der Waals surface area contributed by atoms with Crippen molar-refractivity contribution in [3.63, 3.8) is 0 Å². The molecule has 8 heteroatoms. The lowest BCUT2D eigenvalue weighted by atomic mass is 10.3. The highest BCUT2D eigenvalue weighted by molar-refractivity contribution is 7.80. The second kappa shape index (κ2) is 6.29. The summed E-state index contributed by atoms with van der Waals surface area (Å²) < 4.78 is 0. The fraction of sp³-hybridized carbons (Fsp3) is 0.333. The van der Waals surface area contributed by atoms with Gasteiger partial charge in [0, 0.05) is 44.0 Å². The van der Waals surface area contributed by atoms with Crippen LogP contribution in [0.2, 0.25) is 0 Å². The Labute approximate surface area is 121 Å². The monoisotopic (exact) mass is 294 g/mol. The minimum atomic E-state index is -0.444. The van der Waals surface area contributed by atoms with Gasteiger partial charge in [-0.15, -0.1) is 0 Å². The molecule has 1 heterocycles. The van der Waals surface area contributed by atoms with Gasteiger partial charge in [0.05, 0.1) is 4.92 Å². The molecule has 1 aromatic carbocycles. The molecule has 1 fully saturated rings. The summed E-state index contributed by atoms with van der Waals surface area (Å²) in [5, 5.41) is 14.2.